The number of hydrogen-bond acceptors (Lipinski definition) is 2. The minimum Gasteiger partial charge on any atom is -0.271 e. The number of halogens is 1. The van der Waals surface area contributed by atoms with E-state index in [1.165, 1.54) is 17.5 Å². The Morgan fingerprint density at radius 3 is 2.62 bits per heavy atom. The first-order chi connectivity index (χ1) is 7.58. The van der Waals surface area contributed by atoms with Gasteiger partial charge in [-0.3, -0.25) is 11.3 Å². The van der Waals surface area contributed by atoms with Crippen LogP contribution in [0.1, 0.15) is 43.9 Å². The molecule has 0 aliphatic carbocycles. The van der Waals surface area contributed by atoms with Crippen molar-refractivity contribution >= 4 is 11.6 Å². The summed E-state index contributed by atoms with van der Waals surface area (Å²) < 4.78 is 0. The molecular weight excluding hydrogens is 220 g/mol. The molecule has 2 unspecified atom stereocenters. The molecule has 2 atom stereocenters. The van der Waals surface area contributed by atoms with Gasteiger partial charge in [0.25, 0.3) is 0 Å². The summed E-state index contributed by atoms with van der Waals surface area (Å²) >= 11 is 5.95. The maximum Gasteiger partial charge on any atom is 0.0465 e. The van der Waals surface area contributed by atoms with Crippen molar-refractivity contribution in [2.24, 2.45) is 11.8 Å². The molecule has 0 amide bonds. The molecule has 0 bridgehead atoms. The standard InChI is InChI=1S/C13H21ClN2/c1-4-9(2)7-13(16-15)12-6-5-11(14)8-10(12)3/h5-6,8-9,13,16H,4,7,15H2,1-3H3. The van der Waals surface area contributed by atoms with Crippen LogP contribution in [-0.2, 0) is 0 Å². The Hall–Kier alpha value is -0.570. The number of nitrogens with two attached hydrogens (primary N) is 1. The molecule has 3 heteroatoms. The monoisotopic (exact) mass is 240 g/mol. The van der Waals surface area contributed by atoms with Gasteiger partial charge in [-0.1, -0.05) is 37.9 Å². The fourth-order valence-corrected chi connectivity index (χ4v) is 2.11. The first kappa shape index (κ1) is 13.5. The highest BCUT2D eigenvalue weighted by Crippen LogP contribution is 2.26. The largest absolute Gasteiger partial charge is 0.271 e. The van der Waals surface area contributed by atoms with Gasteiger partial charge in [-0.2, -0.15) is 0 Å². The minimum atomic E-state index is 0.215. The molecule has 1 rings (SSSR count). The lowest BCUT2D eigenvalue weighted by Gasteiger charge is -2.21. The lowest BCUT2D eigenvalue weighted by atomic mass is 9.92. The van der Waals surface area contributed by atoms with Crippen molar-refractivity contribution in [3.8, 4) is 0 Å². The van der Waals surface area contributed by atoms with E-state index in [4.69, 9.17) is 17.4 Å². The summed E-state index contributed by atoms with van der Waals surface area (Å²) in [5.74, 6) is 6.29. The van der Waals surface area contributed by atoms with E-state index in [0.29, 0.717) is 5.92 Å². The maximum atomic E-state index is 5.95. The first-order valence-corrected chi connectivity index (χ1v) is 6.18. The van der Waals surface area contributed by atoms with E-state index < -0.39 is 0 Å². The summed E-state index contributed by atoms with van der Waals surface area (Å²) in [6.07, 6.45) is 2.22. The predicted molar refractivity (Wildman–Crippen MR) is 70.3 cm³/mol. The van der Waals surface area contributed by atoms with Crippen LogP contribution in [-0.4, -0.2) is 0 Å². The van der Waals surface area contributed by atoms with Crippen LogP contribution in [0.5, 0.6) is 0 Å². The molecule has 90 valence electrons. The zero-order valence-corrected chi connectivity index (χ0v) is 11.0. The van der Waals surface area contributed by atoms with Crippen LogP contribution in [0.25, 0.3) is 0 Å². The molecule has 0 aliphatic heterocycles. The fourth-order valence-electron chi connectivity index (χ4n) is 1.88. The lowest BCUT2D eigenvalue weighted by Crippen LogP contribution is -2.29. The van der Waals surface area contributed by atoms with Crippen molar-refractivity contribution in [2.75, 3.05) is 0 Å². The Kier molecular flexibility index (Phi) is 5.26. The number of benzene rings is 1. The van der Waals surface area contributed by atoms with Gasteiger partial charge in [0.1, 0.15) is 0 Å². The van der Waals surface area contributed by atoms with Gasteiger partial charge in [-0.25, -0.2) is 0 Å². The van der Waals surface area contributed by atoms with Crippen LogP contribution in [0, 0.1) is 12.8 Å². The Labute approximate surface area is 103 Å². The Morgan fingerprint density at radius 2 is 2.12 bits per heavy atom. The van der Waals surface area contributed by atoms with Gasteiger partial charge in [0, 0.05) is 11.1 Å². The van der Waals surface area contributed by atoms with E-state index in [9.17, 15) is 0 Å². The van der Waals surface area contributed by atoms with E-state index in [2.05, 4.69) is 32.3 Å². The van der Waals surface area contributed by atoms with Crippen LogP contribution in [0.15, 0.2) is 18.2 Å². The van der Waals surface area contributed by atoms with Crippen molar-refractivity contribution in [3.63, 3.8) is 0 Å². The second-order valence-corrected chi connectivity index (χ2v) is 4.91. The number of hydrogen-bond donors (Lipinski definition) is 2. The van der Waals surface area contributed by atoms with Crippen molar-refractivity contribution in [1.29, 1.82) is 0 Å². The maximum absolute atomic E-state index is 5.95. The summed E-state index contributed by atoms with van der Waals surface area (Å²) in [5.41, 5.74) is 5.34. The topological polar surface area (TPSA) is 38.0 Å². The number of nitrogens with one attached hydrogen (secondary N) is 1. The summed E-state index contributed by atoms with van der Waals surface area (Å²) in [6, 6.07) is 6.18. The Balaban J connectivity index is 2.86. The minimum absolute atomic E-state index is 0.215. The molecule has 2 nitrogen and oxygen atoms in total. The van der Waals surface area contributed by atoms with Crippen molar-refractivity contribution in [3.05, 3.63) is 34.3 Å². The van der Waals surface area contributed by atoms with E-state index in [1.807, 2.05) is 12.1 Å². The SMILES string of the molecule is CCC(C)CC(NN)c1ccc(Cl)cc1C. The molecule has 0 radical (unpaired) electrons. The van der Waals surface area contributed by atoms with Crippen molar-refractivity contribution in [2.45, 2.75) is 39.7 Å². The molecule has 0 spiro atoms. The van der Waals surface area contributed by atoms with Gasteiger partial charge in [0.15, 0.2) is 0 Å². The summed E-state index contributed by atoms with van der Waals surface area (Å²) in [4.78, 5) is 0. The van der Waals surface area contributed by atoms with Gasteiger partial charge in [0.05, 0.1) is 0 Å². The molecule has 3 N–H and O–H groups in total. The number of rotatable bonds is 5. The zero-order chi connectivity index (χ0) is 12.1. The van der Waals surface area contributed by atoms with E-state index in [-0.39, 0.29) is 6.04 Å². The molecule has 0 saturated heterocycles. The lowest BCUT2D eigenvalue weighted by molar-refractivity contribution is 0.407. The van der Waals surface area contributed by atoms with Crippen LogP contribution in [0.4, 0.5) is 0 Å². The molecule has 0 fully saturated rings. The summed E-state index contributed by atoms with van der Waals surface area (Å²) in [5, 5.41) is 0.778. The number of hydrazine groups is 1. The third kappa shape index (κ3) is 3.48. The summed E-state index contributed by atoms with van der Waals surface area (Å²) in [6.45, 7) is 6.52. The van der Waals surface area contributed by atoms with Crippen LogP contribution in [0.2, 0.25) is 5.02 Å². The van der Waals surface area contributed by atoms with Crippen LogP contribution in [0.3, 0.4) is 0 Å². The molecule has 0 heterocycles. The van der Waals surface area contributed by atoms with E-state index in [1.54, 1.807) is 0 Å². The zero-order valence-electron chi connectivity index (χ0n) is 10.3. The van der Waals surface area contributed by atoms with Gasteiger partial charge in [-0.05, 0) is 42.5 Å². The highest BCUT2D eigenvalue weighted by molar-refractivity contribution is 6.30. The van der Waals surface area contributed by atoms with Crippen LogP contribution >= 0.6 is 11.6 Å². The molecule has 0 saturated carbocycles. The third-order valence-electron chi connectivity index (χ3n) is 3.14. The highest BCUT2D eigenvalue weighted by Gasteiger charge is 2.14. The van der Waals surface area contributed by atoms with Gasteiger partial charge >= 0.3 is 0 Å². The first-order valence-electron chi connectivity index (χ1n) is 5.80. The normalized spacial score (nSPS) is 14.8. The molecule has 0 aromatic heterocycles. The van der Waals surface area contributed by atoms with Crippen molar-refractivity contribution in [1.82, 2.24) is 5.43 Å². The fraction of sp³-hybridized carbons (Fsp3) is 0.538. The number of aryl methyl sites for hydroxylation is 1. The second-order valence-electron chi connectivity index (χ2n) is 4.47. The molecule has 1 aromatic carbocycles. The average molecular weight is 241 g/mol. The van der Waals surface area contributed by atoms with E-state index in [0.717, 1.165) is 11.4 Å². The molecule has 1 aromatic rings. The quantitative estimate of drug-likeness (QED) is 0.610. The smallest absolute Gasteiger partial charge is 0.0465 e. The van der Waals surface area contributed by atoms with Gasteiger partial charge in [-0.15, -0.1) is 0 Å². The molecule has 16 heavy (non-hydrogen) atoms. The average Bonchev–Trinajstić information content (AvgIpc) is 2.26. The second kappa shape index (κ2) is 6.24. The van der Waals surface area contributed by atoms with E-state index >= 15 is 0 Å². The molecular formula is C13H21ClN2. The predicted octanol–water partition coefficient (Wildman–Crippen LogP) is 3.59. The molecule has 0 aliphatic rings. The van der Waals surface area contributed by atoms with Gasteiger partial charge < -0.3 is 0 Å². The Bertz CT molecular complexity index is 339. The van der Waals surface area contributed by atoms with Crippen molar-refractivity contribution < 1.29 is 0 Å². The van der Waals surface area contributed by atoms with Crippen LogP contribution < -0.4 is 11.3 Å². The highest BCUT2D eigenvalue weighted by atomic mass is 35.5. The van der Waals surface area contributed by atoms with Gasteiger partial charge in [0.2, 0.25) is 0 Å². The summed E-state index contributed by atoms with van der Waals surface area (Å²) in [7, 11) is 0. The third-order valence-corrected chi connectivity index (χ3v) is 3.38. The Morgan fingerprint density at radius 1 is 1.44 bits per heavy atom.